The van der Waals surface area contributed by atoms with Gasteiger partial charge in [0.15, 0.2) is 9.84 Å². The molecular weight excluding hydrogens is 269 g/mol. The van der Waals surface area contributed by atoms with Gasteiger partial charge in [0.1, 0.15) is 11.1 Å². The number of nitrogens with zero attached hydrogens (tertiary/aromatic N) is 1. The van der Waals surface area contributed by atoms with Gasteiger partial charge in [-0.25, -0.2) is 12.8 Å². The van der Waals surface area contributed by atoms with Crippen molar-refractivity contribution < 1.29 is 17.6 Å². The molecule has 0 aliphatic heterocycles. The van der Waals surface area contributed by atoms with Gasteiger partial charge >= 0.3 is 0 Å². The Morgan fingerprint density at radius 2 is 1.89 bits per heavy atom. The van der Waals surface area contributed by atoms with Crippen molar-refractivity contribution in [2.45, 2.75) is 30.9 Å². The van der Waals surface area contributed by atoms with Crippen LogP contribution in [0.1, 0.15) is 20.8 Å². The SMILES string of the molecule is CCN(CC)C(=O)C(C)S(=O)(=O)c1cccc(F)c1. The molecule has 1 aromatic rings. The van der Waals surface area contributed by atoms with Crippen LogP contribution in [0.25, 0.3) is 0 Å². The zero-order valence-electron chi connectivity index (χ0n) is 11.3. The van der Waals surface area contributed by atoms with E-state index in [0.717, 1.165) is 12.1 Å². The van der Waals surface area contributed by atoms with E-state index < -0.39 is 26.8 Å². The van der Waals surface area contributed by atoms with Crippen molar-refractivity contribution in [2.24, 2.45) is 0 Å². The summed E-state index contributed by atoms with van der Waals surface area (Å²) in [5.74, 6) is -1.10. The van der Waals surface area contributed by atoms with E-state index in [2.05, 4.69) is 0 Å². The van der Waals surface area contributed by atoms with Crippen molar-refractivity contribution in [1.82, 2.24) is 4.90 Å². The van der Waals surface area contributed by atoms with Crippen LogP contribution in [0.4, 0.5) is 4.39 Å². The zero-order valence-corrected chi connectivity index (χ0v) is 12.1. The molecule has 0 aromatic heterocycles. The first-order valence-corrected chi connectivity index (χ1v) is 7.67. The average molecular weight is 287 g/mol. The van der Waals surface area contributed by atoms with E-state index in [4.69, 9.17) is 0 Å². The van der Waals surface area contributed by atoms with E-state index >= 15 is 0 Å². The van der Waals surface area contributed by atoms with E-state index in [-0.39, 0.29) is 4.90 Å². The van der Waals surface area contributed by atoms with Crippen LogP contribution < -0.4 is 0 Å². The molecule has 0 heterocycles. The lowest BCUT2D eigenvalue weighted by molar-refractivity contribution is -0.130. The van der Waals surface area contributed by atoms with Crippen LogP contribution in [0.3, 0.4) is 0 Å². The van der Waals surface area contributed by atoms with Crippen molar-refractivity contribution in [1.29, 1.82) is 0 Å². The number of hydrogen-bond donors (Lipinski definition) is 0. The van der Waals surface area contributed by atoms with Crippen LogP contribution in [0.5, 0.6) is 0 Å². The summed E-state index contributed by atoms with van der Waals surface area (Å²) in [6.45, 7) is 5.78. The van der Waals surface area contributed by atoms with Gasteiger partial charge in [-0.2, -0.15) is 0 Å². The molecular formula is C13H18FNO3S. The minimum atomic E-state index is -3.86. The molecule has 1 atom stereocenters. The highest BCUT2D eigenvalue weighted by Crippen LogP contribution is 2.18. The number of sulfone groups is 1. The largest absolute Gasteiger partial charge is 0.342 e. The van der Waals surface area contributed by atoms with Gasteiger partial charge in [0.2, 0.25) is 5.91 Å². The van der Waals surface area contributed by atoms with Gasteiger partial charge in [0.25, 0.3) is 0 Å². The third-order valence-corrected chi connectivity index (χ3v) is 5.06. The summed E-state index contributed by atoms with van der Waals surface area (Å²) >= 11 is 0. The van der Waals surface area contributed by atoms with Crippen molar-refractivity contribution in [3.63, 3.8) is 0 Å². The molecule has 1 rings (SSSR count). The van der Waals surface area contributed by atoms with Gasteiger partial charge in [-0.3, -0.25) is 4.79 Å². The third-order valence-electron chi connectivity index (χ3n) is 3.01. The van der Waals surface area contributed by atoms with Gasteiger partial charge < -0.3 is 4.90 Å². The molecule has 0 aliphatic rings. The second-order valence-electron chi connectivity index (χ2n) is 4.16. The number of carbonyl (C=O) groups is 1. The fourth-order valence-electron chi connectivity index (χ4n) is 1.77. The molecule has 1 unspecified atom stereocenters. The first-order chi connectivity index (χ1) is 8.84. The molecule has 0 radical (unpaired) electrons. The lowest BCUT2D eigenvalue weighted by Gasteiger charge is -2.22. The Balaban J connectivity index is 3.10. The molecule has 1 amide bonds. The predicted molar refractivity (Wildman–Crippen MR) is 71.0 cm³/mol. The van der Waals surface area contributed by atoms with E-state index in [1.165, 1.54) is 24.0 Å². The Morgan fingerprint density at radius 1 is 1.32 bits per heavy atom. The molecule has 106 valence electrons. The normalized spacial score (nSPS) is 13.1. The molecule has 0 saturated heterocycles. The quantitative estimate of drug-likeness (QED) is 0.830. The van der Waals surface area contributed by atoms with Gasteiger partial charge in [0.05, 0.1) is 4.90 Å². The third kappa shape index (κ3) is 3.32. The first kappa shape index (κ1) is 15.6. The molecule has 4 nitrogen and oxygen atoms in total. The average Bonchev–Trinajstić information content (AvgIpc) is 2.39. The van der Waals surface area contributed by atoms with E-state index in [1.807, 2.05) is 0 Å². The van der Waals surface area contributed by atoms with Crippen LogP contribution in [-0.2, 0) is 14.6 Å². The topological polar surface area (TPSA) is 54.5 Å². The van der Waals surface area contributed by atoms with Crippen LogP contribution in [0, 0.1) is 5.82 Å². The molecule has 0 N–H and O–H groups in total. The molecule has 6 heteroatoms. The monoisotopic (exact) mass is 287 g/mol. The molecule has 19 heavy (non-hydrogen) atoms. The van der Waals surface area contributed by atoms with Gasteiger partial charge in [-0.15, -0.1) is 0 Å². The standard InChI is InChI=1S/C13H18FNO3S/c1-4-15(5-2)13(16)10(3)19(17,18)12-8-6-7-11(14)9-12/h6-10H,4-5H2,1-3H3. The Labute approximate surface area is 113 Å². The Morgan fingerprint density at radius 3 is 2.37 bits per heavy atom. The zero-order chi connectivity index (χ0) is 14.6. The summed E-state index contributed by atoms with van der Waals surface area (Å²) in [7, 11) is -3.86. The van der Waals surface area contributed by atoms with Crippen LogP contribution in [-0.4, -0.2) is 37.6 Å². The maximum atomic E-state index is 13.1. The number of halogens is 1. The van der Waals surface area contributed by atoms with Crippen molar-refractivity contribution >= 4 is 15.7 Å². The maximum absolute atomic E-state index is 13.1. The molecule has 0 saturated carbocycles. The lowest BCUT2D eigenvalue weighted by Crippen LogP contribution is -2.41. The molecule has 0 fully saturated rings. The Bertz CT molecular complexity index is 553. The van der Waals surface area contributed by atoms with E-state index in [0.29, 0.717) is 13.1 Å². The summed E-state index contributed by atoms with van der Waals surface area (Å²) < 4.78 is 37.6. The van der Waals surface area contributed by atoms with E-state index in [9.17, 15) is 17.6 Å². The van der Waals surface area contributed by atoms with Crippen LogP contribution >= 0.6 is 0 Å². The minimum absolute atomic E-state index is 0.166. The summed E-state index contributed by atoms with van der Waals surface area (Å²) in [6, 6.07) is 4.71. The molecule has 0 spiro atoms. The predicted octanol–water partition coefficient (Wildman–Crippen LogP) is 1.86. The van der Waals surface area contributed by atoms with Gasteiger partial charge in [-0.1, -0.05) is 6.07 Å². The highest BCUT2D eigenvalue weighted by molar-refractivity contribution is 7.92. The molecule has 1 aromatic carbocycles. The highest BCUT2D eigenvalue weighted by Gasteiger charge is 2.32. The molecule has 0 aliphatic carbocycles. The van der Waals surface area contributed by atoms with Gasteiger partial charge in [-0.05, 0) is 39.0 Å². The van der Waals surface area contributed by atoms with Crippen LogP contribution in [0.15, 0.2) is 29.2 Å². The summed E-state index contributed by atoms with van der Waals surface area (Å²) in [6.07, 6.45) is 0. The highest BCUT2D eigenvalue weighted by atomic mass is 32.2. The number of carbonyl (C=O) groups excluding carboxylic acids is 1. The van der Waals surface area contributed by atoms with Crippen molar-refractivity contribution in [2.75, 3.05) is 13.1 Å². The Kier molecular flexibility index (Phi) is 5.05. The smallest absolute Gasteiger partial charge is 0.240 e. The molecule has 0 bridgehead atoms. The minimum Gasteiger partial charge on any atom is -0.342 e. The van der Waals surface area contributed by atoms with Gasteiger partial charge in [0, 0.05) is 13.1 Å². The Hall–Kier alpha value is -1.43. The second-order valence-corrected chi connectivity index (χ2v) is 6.42. The van der Waals surface area contributed by atoms with E-state index in [1.54, 1.807) is 13.8 Å². The summed E-state index contributed by atoms with van der Waals surface area (Å²) in [5, 5.41) is -1.21. The summed E-state index contributed by atoms with van der Waals surface area (Å²) in [5.41, 5.74) is 0. The lowest BCUT2D eigenvalue weighted by atomic mass is 10.3. The first-order valence-electron chi connectivity index (χ1n) is 6.12. The fourth-order valence-corrected chi connectivity index (χ4v) is 3.14. The number of benzene rings is 1. The number of hydrogen-bond acceptors (Lipinski definition) is 3. The fraction of sp³-hybridized carbons (Fsp3) is 0.462. The summed E-state index contributed by atoms with van der Waals surface area (Å²) in [4.78, 5) is 13.3. The second kappa shape index (κ2) is 6.14. The number of amides is 1. The maximum Gasteiger partial charge on any atom is 0.240 e. The van der Waals surface area contributed by atoms with Crippen LogP contribution in [0.2, 0.25) is 0 Å². The van der Waals surface area contributed by atoms with Crippen molar-refractivity contribution in [3.05, 3.63) is 30.1 Å². The van der Waals surface area contributed by atoms with Crippen molar-refractivity contribution in [3.8, 4) is 0 Å². The number of rotatable bonds is 5.